The van der Waals surface area contributed by atoms with Crippen molar-refractivity contribution in [1.82, 2.24) is 0 Å². The number of hydrogen-bond donors (Lipinski definition) is 0. The van der Waals surface area contributed by atoms with Gasteiger partial charge in [-0.1, -0.05) is 12.8 Å². The van der Waals surface area contributed by atoms with Gasteiger partial charge < -0.3 is 4.74 Å². The van der Waals surface area contributed by atoms with Crippen molar-refractivity contribution < 1.29 is 14.3 Å². The Morgan fingerprint density at radius 1 is 0.769 bits per heavy atom. The fourth-order valence-corrected chi connectivity index (χ4v) is 1.92. The molecule has 0 N–H and O–H groups in total. The summed E-state index contributed by atoms with van der Waals surface area (Å²) in [5, 5.41) is 0. The van der Waals surface area contributed by atoms with Gasteiger partial charge in [0.2, 0.25) is 0 Å². The van der Waals surface area contributed by atoms with Crippen molar-refractivity contribution in [1.29, 1.82) is 0 Å². The number of rotatable bonds is 0. The van der Waals surface area contributed by atoms with Gasteiger partial charge in [-0.25, -0.2) is 9.59 Å². The van der Waals surface area contributed by atoms with Gasteiger partial charge in [0.05, 0.1) is 0 Å². The maximum atomic E-state index is 11.2. The lowest BCUT2D eigenvalue weighted by molar-refractivity contribution is -0.151. The molecule has 3 nitrogen and oxygen atoms in total. The molecule has 0 saturated carbocycles. The first-order valence-corrected chi connectivity index (χ1v) is 4.77. The second-order valence-electron chi connectivity index (χ2n) is 3.55. The molecule has 1 aliphatic heterocycles. The van der Waals surface area contributed by atoms with Gasteiger partial charge in [0.15, 0.2) is 0 Å². The van der Waals surface area contributed by atoms with Crippen LogP contribution in [0.1, 0.15) is 38.5 Å². The van der Waals surface area contributed by atoms with E-state index >= 15 is 0 Å². The van der Waals surface area contributed by atoms with Crippen LogP contribution in [0.25, 0.3) is 0 Å². The minimum atomic E-state index is -0.401. The molecule has 1 heterocycles. The van der Waals surface area contributed by atoms with E-state index in [4.69, 9.17) is 0 Å². The lowest BCUT2D eigenvalue weighted by Gasteiger charge is -2.06. The van der Waals surface area contributed by atoms with E-state index < -0.39 is 11.9 Å². The first kappa shape index (κ1) is 8.48. The van der Waals surface area contributed by atoms with Gasteiger partial charge in [-0.3, -0.25) is 0 Å². The number of cyclic esters (lactones) is 2. The number of hydrogen-bond acceptors (Lipinski definition) is 3. The zero-order chi connectivity index (χ0) is 9.26. The van der Waals surface area contributed by atoms with Gasteiger partial charge in [-0.15, -0.1) is 0 Å². The van der Waals surface area contributed by atoms with Crippen molar-refractivity contribution in [2.75, 3.05) is 0 Å². The van der Waals surface area contributed by atoms with Crippen molar-refractivity contribution in [2.45, 2.75) is 38.5 Å². The summed E-state index contributed by atoms with van der Waals surface area (Å²) < 4.78 is 4.57. The highest BCUT2D eigenvalue weighted by atomic mass is 16.6. The van der Waals surface area contributed by atoms with Crippen LogP contribution in [0.5, 0.6) is 0 Å². The third-order valence-corrected chi connectivity index (χ3v) is 2.65. The molecule has 3 heteroatoms. The van der Waals surface area contributed by atoms with Crippen LogP contribution < -0.4 is 0 Å². The third kappa shape index (κ3) is 1.50. The normalized spacial score (nSPS) is 23.7. The van der Waals surface area contributed by atoms with E-state index in [1.807, 2.05) is 0 Å². The monoisotopic (exact) mass is 180 g/mol. The highest BCUT2D eigenvalue weighted by Crippen LogP contribution is 2.29. The van der Waals surface area contributed by atoms with Crippen LogP contribution in [-0.4, -0.2) is 11.9 Å². The number of ether oxygens (including phenoxy) is 1. The van der Waals surface area contributed by atoms with E-state index in [9.17, 15) is 9.59 Å². The Morgan fingerprint density at radius 2 is 1.23 bits per heavy atom. The Morgan fingerprint density at radius 3 is 1.69 bits per heavy atom. The molecule has 0 aromatic rings. The summed E-state index contributed by atoms with van der Waals surface area (Å²) in [5.74, 6) is -0.802. The van der Waals surface area contributed by atoms with Crippen LogP contribution >= 0.6 is 0 Å². The highest BCUT2D eigenvalue weighted by molar-refractivity contribution is 6.12. The molecule has 0 unspecified atom stereocenters. The zero-order valence-electron chi connectivity index (χ0n) is 7.47. The molecular formula is C10H12O3. The molecule has 0 spiro atoms. The van der Waals surface area contributed by atoms with Crippen LogP contribution in [0.2, 0.25) is 0 Å². The van der Waals surface area contributed by atoms with Crippen LogP contribution in [0.3, 0.4) is 0 Å². The second-order valence-corrected chi connectivity index (χ2v) is 3.55. The van der Waals surface area contributed by atoms with Crippen molar-refractivity contribution in [2.24, 2.45) is 0 Å². The smallest absolute Gasteiger partial charge is 0.342 e. The molecule has 70 valence electrons. The van der Waals surface area contributed by atoms with Crippen molar-refractivity contribution in [3.05, 3.63) is 11.1 Å². The van der Waals surface area contributed by atoms with Gasteiger partial charge in [-0.2, -0.15) is 0 Å². The molecule has 2 aliphatic rings. The first-order chi connectivity index (χ1) is 6.29. The Kier molecular flexibility index (Phi) is 2.17. The van der Waals surface area contributed by atoms with Gasteiger partial charge in [0, 0.05) is 11.1 Å². The predicted molar refractivity (Wildman–Crippen MR) is 45.8 cm³/mol. The molecule has 2 rings (SSSR count). The molecular weight excluding hydrogens is 168 g/mol. The zero-order valence-corrected chi connectivity index (χ0v) is 7.47. The van der Waals surface area contributed by atoms with E-state index in [-0.39, 0.29) is 0 Å². The van der Waals surface area contributed by atoms with Crippen LogP contribution in [0.4, 0.5) is 0 Å². The van der Waals surface area contributed by atoms with E-state index in [0.29, 0.717) is 11.1 Å². The Hall–Kier alpha value is -1.12. The van der Waals surface area contributed by atoms with Crippen molar-refractivity contribution >= 4 is 11.9 Å². The van der Waals surface area contributed by atoms with E-state index in [1.54, 1.807) is 0 Å². The lowest BCUT2D eigenvalue weighted by atomic mass is 9.95. The maximum Gasteiger partial charge on any atom is 0.342 e. The molecule has 0 aromatic heterocycles. The quantitative estimate of drug-likeness (QED) is 0.421. The van der Waals surface area contributed by atoms with Crippen molar-refractivity contribution in [3.63, 3.8) is 0 Å². The molecule has 0 amide bonds. The minimum absolute atomic E-state index is 0.401. The maximum absolute atomic E-state index is 11.2. The Balaban J connectivity index is 2.27. The molecule has 13 heavy (non-hydrogen) atoms. The fourth-order valence-electron chi connectivity index (χ4n) is 1.92. The molecule has 1 aliphatic carbocycles. The topological polar surface area (TPSA) is 43.4 Å². The molecule has 0 saturated heterocycles. The summed E-state index contributed by atoms with van der Waals surface area (Å²) in [7, 11) is 0. The Bertz CT molecular complexity index is 261. The number of carbonyl (C=O) groups is 2. The summed E-state index contributed by atoms with van der Waals surface area (Å²) in [6.45, 7) is 0. The van der Waals surface area contributed by atoms with E-state index in [1.165, 1.54) is 0 Å². The first-order valence-electron chi connectivity index (χ1n) is 4.77. The number of esters is 2. The summed E-state index contributed by atoms with van der Waals surface area (Å²) in [6.07, 6.45) is 5.75. The van der Waals surface area contributed by atoms with Gasteiger partial charge >= 0.3 is 11.9 Å². The van der Waals surface area contributed by atoms with Gasteiger partial charge in [0.25, 0.3) is 0 Å². The predicted octanol–water partition coefficient (Wildman–Crippen LogP) is 1.72. The number of carbonyl (C=O) groups excluding carboxylic acids is 2. The second kappa shape index (κ2) is 3.32. The summed E-state index contributed by atoms with van der Waals surface area (Å²) in [5.41, 5.74) is 1.29. The van der Waals surface area contributed by atoms with Gasteiger partial charge in [-0.05, 0) is 25.7 Å². The molecule has 0 atom stereocenters. The van der Waals surface area contributed by atoms with E-state index in [0.717, 1.165) is 38.5 Å². The molecule has 0 aromatic carbocycles. The summed E-state index contributed by atoms with van der Waals surface area (Å²) >= 11 is 0. The molecule has 0 fully saturated rings. The SMILES string of the molecule is O=C1OC(=O)C2=C1CCCCCC2. The molecule has 0 bridgehead atoms. The summed E-state index contributed by atoms with van der Waals surface area (Å²) in [4.78, 5) is 22.4. The highest BCUT2D eigenvalue weighted by Gasteiger charge is 2.32. The average molecular weight is 180 g/mol. The Labute approximate surface area is 76.8 Å². The van der Waals surface area contributed by atoms with Crippen LogP contribution in [0, 0.1) is 0 Å². The lowest BCUT2D eigenvalue weighted by Crippen LogP contribution is -2.02. The van der Waals surface area contributed by atoms with Crippen molar-refractivity contribution in [3.8, 4) is 0 Å². The van der Waals surface area contributed by atoms with Crippen LogP contribution in [0.15, 0.2) is 11.1 Å². The minimum Gasteiger partial charge on any atom is -0.386 e. The average Bonchev–Trinajstić information content (AvgIpc) is 2.25. The van der Waals surface area contributed by atoms with E-state index in [2.05, 4.69) is 4.74 Å². The molecule has 0 radical (unpaired) electrons. The third-order valence-electron chi connectivity index (χ3n) is 2.65. The van der Waals surface area contributed by atoms with Crippen LogP contribution in [-0.2, 0) is 14.3 Å². The van der Waals surface area contributed by atoms with Gasteiger partial charge in [0.1, 0.15) is 0 Å². The standard InChI is InChI=1S/C10H12O3/c11-9-7-5-3-1-2-4-6-8(7)10(12)13-9/h1-6H2. The summed E-state index contributed by atoms with van der Waals surface area (Å²) in [6, 6.07) is 0. The fraction of sp³-hybridized carbons (Fsp3) is 0.600. The largest absolute Gasteiger partial charge is 0.386 e.